The lowest BCUT2D eigenvalue weighted by atomic mass is 9.95. The van der Waals surface area contributed by atoms with Gasteiger partial charge in [-0.1, -0.05) is 71.5 Å². The summed E-state index contributed by atoms with van der Waals surface area (Å²) >= 11 is 1.32. The number of ether oxygens (including phenoxy) is 2. The Hall–Kier alpha value is -3.97. The fraction of sp³-hybridized carbons (Fsp3) is 0.233. The van der Waals surface area contributed by atoms with E-state index in [1.54, 1.807) is 18.4 Å². The van der Waals surface area contributed by atoms with E-state index in [9.17, 15) is 9.59 Å². The molecule has 0 bridgehead atoms. The maximum absolute atomic E-state index is 13.9. The molecule has 0 saturated carbocycles. The lowest BCUT2D eigenvalue weighted by Crippen LogP contribution is -2.39. The number of esters is 1. The van der Waals surface area contributed by atoms with E-state index in [0.717, 1.165) is 33.2 Å². The first-order chi connectivity index (χ1) is 17.9. The van der Waals surface area contributed by atoms with Crippen molar-refractivity contribution in [2.45, 2.75) is 33.7 Å². The average Bonchev–Trinajstić information content (AvgIpc) is 3.19. The quantitative estimate of drug-likeness (QED) is 0.353. The zero-order chi connectivity index (χ0) is 26.1. The van der Waals surface area contributed by atoms with Crippen molar-refractivity contribution in [3.63, 3.8) is 0 Å². The van der Waals surface area contributed by atoms with Gasteiger partial charge in [0.05, 0.1) is 35.1 Å². The van der Waals surface area contributed by atoms with Crippen molar-refractivity contribution in [2.24, 2.45) is 4.99 Å². The SMILES string of the molecule is CCOC(=O)C1=C(C)N=c2s/c(=C/c3ccc(OCC)c4ccccc34)c(=O)n2[C@H]1c1ccc(C)cc1. The van der Waals surface area contributed by atoms with Crippen molar-refractivity contribution < 1.29 is 14.3 Å². The number of fused-ring (bicyclic) bond motifs is 2. The van der Waals surface area contributed by atoms with Gasteiger partial charge in [-0.05, 0) is 56.4 Å². The Kier molecular flexibility index (Phi) is 6.80. The molecule has 1 aliphatic rings. The number of nitrogens with zero attached hydrogens (tertiary/aromatic N) is 2. The van der Waals surface area contributed by atoms with Crippen molar-refractivity contribution in [1.82, 2.24) is 4.57 Å². The lowest BCUT2D eigenvalue weighted by Gasteiger charge is -2.24. The Balaban J connectivity index is 1.73. The fourth-order valence-electron chi connectivity index (χ4n) is 4.70. The van der Waals surface area contributed by atoms with Crippen LogP contribution in [0.2, 0.25) is 0 Å². The van der Waals surface area contributed by atoms with Gasteiger partial charge in [0.25, 0.3) is 5.56 Å². The maximum Gasteiger partial charge on any atom is 0.338 e. The zero-order valence-electron chi connectivity index (χ0n) is 21.3. The maximum atomic E-state index is 13.9. The van der Waals surface area contributed by atoms with Gasteiger partial charge in [0.1, 0.15) is 5.75 Å². The number of allylic oxidation sites excluding steroid dienone is 1. The number of rotatable bonds is 6. The molecule has 0 amide bonds. The molecule has 0 aliphatic carbocycles. The molecule has 0 saturated heterocycles. The monoisotopic (exact) mass is 512 g/mol. The Morgan fingerprint density at radius 1 is 1.00 bits per heavy atom. The third-order valence-corrected chi connectivity index (χ3v) is 7.40. The Labute approximate surface area is 218 Å². The van der Waals surface area contributed by atoms with Gasteiger partial charge in [-0.15, -0.1) is 0 Å². The first-order valence-corrected chi connectivity index (χ1v) is 13.1. The zero-order valence-corrected chi connectivity index (χ0v) is 22.1. The highest BCUT2D eigenvalue weighted by Gasteiger charge is 2.33. The minimum Gasteiger partial charge on any atom is -0.493 e. The molecular formula is C30H28N2O4S. The first kappa shape index (κ1) is 24.7. The van der Waals surface area contributed by atoms with Crippen LogP contribution in [0.3, 0.4) is 0 Å². The van der Waals surface area contributed by atoms with Crippen LogP contribution in [0.15, 0.2) is 81.7 Å². The predicted octanol–water partition coefficient (Wildman–Crippen LogP) is 4.66. The molecule has 1 aliphatic heterocycles. The molecule has 0 spiro atoms. The molecule has 1 aromatic heterocycles. The molecule has 0 unspecified atom stereocenters. The molecule has 37 heavy (non-hydrogen) atoms. The van der Waals surface area contributed by atoms with Crippen molar-refractivity contribution in [2.75, 3.05) is 13.2 Å². The number of benzene rings is 3. The van der Waals surface area contributed by atoms with Crippen LogP contribution in [0, 0.1) is 6.92 Å². The smallest absolute Gasteiger partial charge is 0.338 e. The third-order valence-electron chi connectivity index (χ3n) is 6.41. The highest BCUT2D eigenvalue weighted by Crippen LogP contribution is 2.31. The summed E-state index contributed by atoms with van der Waals surface area (Å²) in [7, 11) is 0. The van der Waals surface area contributed by atoms with Gasteiger partial charge in [0.2, 0.25) is 0 Å². The summed E-state index contributed by atoms with van der Waals surface area (Å²) in [6.07, 6.45) is 1.90. The van der Waals surface area contributed by atoms with Crippen LogP contribution in [0.4, 0.5) is 0 Å². The van der Waals surface area contributed by atoms with Crippen LogP contribution in [0.25, 0.3) is 16.8 Å². The van der Waals surface area contributed by atoms with Crippen LogP contribution >= 0.6 is 11.3 Å². The number of hydrogen-bond acceptors (Lipinski definition) is 6. The van der Waals surface area contributed by atoms with E-state index < -0.39 is 12.0 Å². The number of aromatic nitrogens is 1. The Bertz CT molecular complexity index is 1710. The largest absolute Gasteiger partial charge is 0.493 e. The summed E-state index contributed by atoms with van der Waals surface area (Å²) in [5.74, 6) is 0.354. The van der Waals surface area contributed by atoms with E-state index >= 15 is 0 Å². The minimum absolute atomic E-state index is 0.193. The van der Waals surface area contributed by atoms with Crippen LogP contribution in [0.5, 0.6) is 5.75 Å². The predicted molar refractivity (Wildman–Crippen MR) is 147 cm³/mol. The van der Waals surface area contributed by atoms with E-state index in [2.05, 4.69) is 4.99 Å². The summed E-state index contributed by atoms with van der Waals surface area (Å²) in [6, 6.07) is 19.2. The summed E-state index contributed by atoms with van der Waals surface area (Å²) in [5.41, 5.74) is 3.60. The molecule has 6 nitrogen and oxygen atoms in total. The number of aryl methyl sites for hydroxylation is 1. The molecule has 1 atom stereocenters. The number of carbonyl (C=O) groups is 1. The highest BCUT2D eigenvalue weighted by molar-refractivity contribution is 7.07. The van der Waals surface area contributed by atoms with Crippen molar-refractivity contribution in [1.29, 1.82) is 0 Å². The van der Waals surface area contributed by atoms with Crippen molar-refractivity contribution >= 4 is 34.2 Å². The summed E-state index contributed by atoms with van der Waals surface area (Å²) in [4.78, 5) is 32.2. The van der Waals surface area contributed by atoms with E-state index in [0.29, 0.717) is 27.2 Å². The van der Waals surface area contributed by atoms with Gasteiger partial charge < -0.3 is 9.47 Å². The number of hydrogen-bond donors (Lipinski definition) is 0. The van der Waals surface area contributed by atoms with Crippen molar-refractivity contribution in [3.05, 3.63) is 108 Å². The summed E-state index contributed by atoms with van der Waals surface area (Å²) in [6.45, 7) is 8.34. The second-order valence-corrected chi connectivity index (χ2v) is 9.85. The molecule has 3 aromatic carbocycles. The van der Waals surface area contributed by atoms with E-state index in [4.69, 9.17) is 9.47 Å². The standard InChI is InChI=1S/C30H28N2O4S/c1-5-35-24-16-15-21(22-9-7-8-10-23(22)24)17-25-28(33)32-27(20-13-11-18(3)12-14-20)26(29(34)36-6-2)19(4)31-30(32)37-25/h7-17,27H,5-6H2,1-4H3/b25-17+/t27-/m0/s1. The van der Waals surface area contributed by atoms with Crippen LogP contribution in [-0.4, -0.2) is 23.8 Å². The molecule has 4 aromatic rings. The Morgan fingerprint density at radius 2 is 1.73 bits per heavy atom. The normalized spacial score (nSPS) is 15.5. The van der Waals surface area contributed by atoms with E-state index in [-0.39, 0.29) is 12.2 Å². The van der Waals surface area contributed by atoms with E-state index in [1.165, 1.54) is 11.3 Å². The van der Waals surface area contributed by atoms with E-state index in [1.807, 2.05) is 80.6 Å². The van der Waals surface area contributed by atoms with Crippen LogP contribution < -0.4 is 19.6 Å². The minimum atomic E-state index is -0.616. The van der Waals surface area contributed by atoms with Gasteiger partial charge >= 0.3 is 5.97 Å². The molecule has 7 heteroatoms. The molecule has 0 fully saturated rings. The topological polar surface area (TPSA) is 69.9 Å². The average molecular weight is 513 g/mol. The molecule has 5 rings (SSSR count). The van der Waals surface area contributed by atoms with Gasteiger partial charge in [-0.25, -0.2) is 9.79 Å². The Morgan fingerprint density at radius 3 is 2.43 bits per heavy atom. The van der Waals surface area contributed by atoms with Crippen LogP contribution in [0.1, 0.15) is 43.5 Å². The number of thiazole rings is 1. The van der Waals surface area contributed by atoms with Gasteiger partial charge in [-0.2, -0.15) is 0 Å². The number of carbonyl (C=O) groups excluding carboxylic acids is 1. The fourth-order valence-corrected chi connectivity index (χ4v) is 5.74. The van der Waals surface area contributed by atoms with Gasteiger partial charge in [-0.3, -0.25) is 9.36 Å². The molecule has 0 radical (unpaired) electrons. The van der Waals surface area contributed by atoms with Crippen molar-refractivity contribution in [3.8, 4) is 5.75 Å². The third kappa shape index (κ3) is 4.51. The van der Waals surface area contributed by atoms with Gasteiger partial charge in [0.15, 0.2) is 4.80 Å². The van der Waals surface area contributed by atoms with Crippen LogP contribution in [-0.2, 0) is 9.53 Å². The molecule has 188 valence electrons. The first-order valence-electron chi connectivity index (χ1n) is 12.3. The molecule has 0 N–H and O–H groups in total. The summed E-state index contributed by atoms with van der Waals surface area (Å²) < 4.78 is 13.4. The highest BCUT2D eigenvalue weighted by atomic mass is 32.1. The molecular weight excluding hydrogens is 484 g/mol. The lowest BCUT2D eigenvalue weighted by molar-refractivity contribution is -0.139. The second-order valence-electron chi connectivity index (χ2n) is 8.84. The summed E-state index contributed by atoms with van der Waals surface area (Å²) in [5, 5.41) is 1.99. The van der Waals surface area contributed by atoms with Gasteiger partial charge in [0, 0.05) is 5.39 Å². The molecule has 2 heterocycles. The second kappa shape index (κ2) is 10.2.